The Kier molecular flexibility index (Phi) is 2.86. The maximum absolute atomic E-state index is 11.5. The standard InChI is InChI=1S/C11H11N3O2/c1-8-7-10(16-14-8)13-11(15)12-9-5-3-2-4-6-9/h2-7H,1H3,(H2,12,13,15). The Morgan fingerprint density at radius 3 is 2.62 bits per heavy atom. The first-order valence-electron chi connectivity index (χ1n) is 4.80. The number of carbonyl (C=O) groups is 1. The van der Waals surface area contributed by atoms with Gasteiger partial charge in [-0.2, -0.15) is 0 Å². The maximum Gasteiger partial charge on any atom is 0.326 e. The van der Waals surface area contributed by atoms with Gasteiger partial charge in [0.05, 0.1) is 5.69 Å². The number of hydrogen-bond donors (Lipinski definition) is 2. The highest BCUT2D eigenvalue weighted by atomic mass is 16.5. The van der Waals surface area contributed by atoms with E-state index in [2.05, 4.69) is 15.8 Å². The van der Waals surface area contributed by atoms with Crippen LogP contribution >= 0.6 is 0 Å². The van der Waals surface area contributed by atoms with Crippen LogP contribution in [0.4, 0.5) is 16.4 Å². The van der Waals surface area contributed by atoms with Gasteiger partial charge in [-0.05, 0) is 19.1 Å². The van der Waals surface area contributed by atoms with E-state index in [0.717, 1.165) is 11.4 Å². The van der Waals surface area contributed by atoms with Gasteiger partial charge in [0.2, 0.25) is 5.88 Å². The Bertz CT molecular complexity index is 479. The Morgan fingerprint density at radius 2 is 2.00 bits per heavy atom. The van der Waals surface area contributed by atoms with E-state index in [0.29, 0.717) is 5.88 Å². The van der Waals surface area contributed by atoms with E-state index in [4.69, 9.17) is 4.52 Å². The summed E-state index contributed by atoms with van der Waals surface area (Å²) >= 11 is 0. The monoisotopic (exact) mass is 217 g/mol. The largest absolute Gasteiger partial charge is 0.338 e. The smallest absolute Gasteiger partial charge is 0.326 e. The third-order valence-electron chi connectivity index (χ3n) is 1.90. The predicted molar refractivity (Wildman–Crippen MR) is 60.3 cm³/mol. The van der Waals surface area contributed by atoms with E-state index < -0.39 is 0 Å². The number of para-hydroxylation sites is 1. The highest BCUT2D eigenvalue weighted by Crippen LogP contribution is 2.10. The zero-order chi connectivity index (χ0) is 11.4. The molecule has 1 heterocycles. The molecule has 2 N–H and O–H groups in total. The second-order valence-electron chi connectivity index (χ2n) is 3.28. The number of anilines is 2. The van der Waals surface area contributed by atoms with Crippen molar-refractivity contribution in [2.24, 2.45) is 0 Å². The molecular weight excluding hydrogens is 206 g/mol. The Balaban J connectivity index is 1.95. The summed E-state index contributed by atoms with van der Waals surface area (Å²) in [4.78, 5) is 11.5. The van der Waals surface area contributed by atoms with Crippen LogP contribution < -0.4 is 10.6 Å². The average Bonchev–Trinajstić information content (AvgIpc) is 2.65. The topological polar surface area (TPSA) is 67.2 Å². The molecule has 0 saturated carbocycles. The van der Waals surface area contributed by atoms with Crippen LogP contribution in [-0.4, -0.2) is 11.2 Å². The first-order chi connectivity index (χ1) is 7.74. The van der Waals surface area contributed by atoms with E-state index in [1.165, 1.54) is 0 Å². The number of nitrogens with zero attached hydrogens (tertiary/aromatic N) is 1. The average molecular weight is 217 g/mol. The van der Waals surface area contributed by atoms with Crippen molar-refractivity contribution in [1.82, 2.24) is 5.16 Å². The van der Waals surface area contributed by atoms with E-state index in [9.17, 15) is 4.79 Å². The van der Waals surface area contributed by atoms with Gasteiger partial charge in [0.15, 0.2) is 0 Å². The molecular formula is C11H11N3O2. The van der Waals surface area contributed by atoms with Crippen molar-refractivity contribution in [2.75, 3.05) is 10.6 Å². The molecule has 0 saturated heterocycles. The number of nitrogens with one attached hydrogen (secondary N) is 2. The number of amides is 2. The summed E-state index contributed by atoms with van der Waals surface area (Å²) in [5.74, 6) is 0.325. The van der Waals surface area contributed by atoms with Crippen LogP contribution in [0.15, 0.2) is 40.9 Å². The lowest BCUT2D eigenvalue weighted by molar-refractivity contribution is 0.261. The molecule has 82 valence electrons. The van der Waals surface area contributed by atoms with Gasteiger partial charge in [0, 0.05) is 11.8 Å². The normalized spacial score (nSPS) is 9.81. The molecule has 5 heteroatoms. The number of aromatic nitrogens is 1. The zero-order valence-corrected chi connectivity index (χ0v) is 8.73. The lowest BCUT2D eigenvalue weighted by atomic mass is 10.3. The summed E-state index contributed by atoms with van der Waals surface area (Å²) in [5.41, 5.74) is 1.44. The van der Waals surface area contributed by atoms with Crippen molar-refractivity contribution < 1.29 is 9.32 Å². The van der Waals surface area contributed by atoms with Crippen LogP contribution in [-0.2, 0) is 0 Å². The van der Waals surface area contributed by atoms with E-state index >= 15 is 0 Å². The molecule has 0 radical (unpaired) electrons. The Morgan fingerprint density at radius 1 is 1.25 bits per heavy atom. The van der Waals surface area contributed by atoms with Gasteiger partial charge < -0.3 is 9.84 Å². The molecule has 2 rings (SSSR count). The number of benzene rings is 1. The van der Waals surface area contributed by atoms with Crippen molar-refractivity contribution in [1.29, 1.82) is 0 Å². The molecule has 0 aliphatic carbocycles. The first kappa shape index (κ1) is 10.2. The van der Waals surface area contributed by atoms with Crippen molar-refractivity contribution >= 4 is 17.6 Å². The summed E-state index contributed by atoms with van der Waals surface area (Å²) in [6.45, 7) is 1.78. The summed E-state index contributed by atoms with van der Waals surface area (Å²) in [6.07, 6.45) is 0. The maximum atomic E-state index is 11.5. The highest BCUT2D eigenvalue weighted by Gasteiger charge is 2.05. The van der Waals surface area contributed by atoms with Crippen LogP contribution in [0.2, 0.25) is 0 Å². The van der Waals surface area contributed by atoms with Gasteiger partial charge in [-0.25, -0.2) is 4.79 Å². The zero-order valence-electron chi connectivity index (χ0n) is 8.73. The van der Waals surface area contributed by atoms with Gasteiger partial charge in [-0.15, -0.1) is 0 Å². The molecule has 2 amide bonds. The van der Waals surface area contributed by atoms with Gasteiger partial charge >= 0.3 is 6.03 Å². The molecule has 0 spiro atoms. The molecule has 5 nitrogen and oxygen atoms in total. The van der Waals surface area contributed by atoms with Crippen molar-refractivity contribution in [3.8, 4) is 0 Å². The summed E-state index contributed by atoms with van der Waals surface area (Å²) in [7, 11) is 0. The summed E-state index contributed by atoms with van der Waals surface area (Å²) in [6, 6.07) is 10.4. The predicted octanol–water partition coefficient (Wildman–Crippen LogP) is 2.63. The van der Waals surface area contributed by atoms with Gasteiger partial charge in [-0.1, -0.05) is 23.4 Å². The van der Waals surface area contributed by atoms with Crippen molar-refractivity contribution in [3.05, 3.63) is 42.1 Å². The fourth-order valence-corrected chi connectivity index (χ4v) is 1.22. The fourth-order valence-electron chi connectivity index (χ4n) is 1.22. The quantitative estimate of drug-likeness (QED) is 0.812. The number of urea groups is 1. The molecule has 1 aromatic carbocycles. The molecule has 16 heavy (non-hydrogen) atoms. The molecule has 0 atom stereocenters. The van der Waals surface area contributed by atoms with Crippen molar-refractivity contribution in [2.45, 2.75) is 6.92 Å². The van der Waals surface area contributed by atoms with E-state index in [1.54, 1.807) is 25.1 Å². The summed E-state index contributed by atoms with van der Waals surface area (Å²) < 4.78 is 4.85. The Labute approximate surface area is 92.4 Å². The molecule has 1 aromatic heterocycles. The minimum absolute atomic E-state index is 0.325. The van der Waals surface area contributed by atoms with Crippen LogP contribution in [0.25, 0.3) is 0 Å². The first-order valence-corrected chi connectivity index (χ1v) is 4.80. The molecule has 0 aliphatic rings. The van der Waals surface area contributed by atoms with Crippen LogP contribution in [0.3, 0.4) is 0 Å². The number of hydrogen-bond acceptors (Lipinski definition) is 3. The van der Waals surface area contributed by atoms with Gasteiger partial charge in [0.1, 0.15) is 0 Å². The molecule has 0 bridgehead atoms. The summed E-state index contributed by atoms with van der Waals surface area (Å²) in [5, 5.41) is 8.85. The van der Waals surface area contributed by atoms with Gasteiger partial charge in [0.25, 0.3) is 0 Å². The van der Waals surface area contributed by atoms with Crippen LogP contribution in [0.1, 0.15) is 5.69 Å². The van der Waals surface area contributed by atoms with E-state index in [1.807, 2.05) is 18.2 Å². The molecule has 0 aliphatic heterocycles. The number of aryl methyl sites for hydroxylation is 1. The van der Waals surface area contributed by atoms with Gasteiger partial charge in [-0.3, -0.25) is 5.32 Å². The lowest BCUT2D eigenvalue weighted by Crippen LogP contribution is -2.18. The second-order valence-corrected chi connectivity index (χ2v) is 3.28. The molecule has 0 fully saturated rings. The highest BCUT2D eigenvalue weighted by molar-refractivity contribution is 5.98. The number of carbonyl (C=O) groups excluding carboxylic acids is 1. The van der Waals surface area contributed by atoms with Crippen LogP contribution in [0.5, 0.6) is 0 Å². The third-order valence-corrected chi connectivity index (χ3v) is 1.90. The minimum atomic E-state index is -0.359. The van der Waals surface area contributed by atoms with Crippen molar-refractivity contribution in [3.63, 3.8) is 0 Å². The van der Waals surface area contributed by atoms with Crippen LogP contribution in [0, 0.1) is 6.92 Å². The van der Waals surface area contributed by atoms with E-state index in [-0.39, 0.29) is 6.03 Å². The lowest BCUT2D eigenvalue weighted by Gasteiger charge is -2.03. The number of rotatable bonds is 2. The molecule has 0 unspecified atom stereocenters. The third kappa shape index (κ3) is 2.60. The second kappa shape index (κ2) is 4.48. The Hall–Kier alpha value is -2.30. The molecule has 2 aromatic rings. The minimum Gasteiger partial charge on any atom is -0.338 e. The SMILES string of the molecule is Cc1cc(NC(=O)Nc2ccccc2)on1. The fraction of sp³-hybridized carbons (Fsp3) is 0.0909.